The Labute approximate surface area is 163 Å². The highest BCUT2D eigenvalue weighted by molar-refractivity contribution is 5.87. The van der Waals surface area contributed by atoms with Gasteiger partial charge in [0.15, 0.2) is 0 Å². The molecule has 3 aromatic rings. The molecule has 6 nitrogen and oxygen atoms in total. The van der Waals surface area contributed by atoms with Gasteiger partial charge >= 0.3 is 0 Å². The minimum absolute atomic E-state index is 0.0746. The first kappa shape index (κ1) is 18.2. The number of nitrogens with zero attached hydrogens (tertiary/aromatic N) is 2. The van der Waals surface area contributed by atoms with Crippen LogP contribution in [-0.2, 0) is 4.79 Å². The third kappa shape index (κ3) is 4.06. The number of nitrogens with one attached hydrogen (secondary N) is 1. The van der Waals surface area contributed by atoms with E-state index in [0.717, 1.165) is 27.9 Å². The van der Waals surface area contributed by atoms with Gasteiger partial charge in [0.25, 0.3) is 0 Å². The summed E-state index contributed by atoms with van der Waals surface area (Å²) >= 11 is 0. The van der Waals surface area contributed by atoms with Crippen molar-refractivity contribution in [2.45, 2.75) is 26.4 Å². The molecule has 0 aliphatic carbocycles. The second-order valence-electron chi connectivity index (χ2n) is 7.26. The van der Waals surface area contributed by atoms with Gasteiger partial charge in [-0.25, -0.2) is 4.98 Å². The number of benzene rings is 1. The zero-order chi connectivity index (χ0) is 19.5. The third-order valence-corrected chi connectivity index (χ3v) is 4.60. The summed E-state index contributed by atoms with van der Waals surface area (Å²) in [6.45, 7) is 5.09. The Morgan fingerprint density at radius 1 is 1.21 bits per heavy atom. The van der Waals surface area contributed by atoms with Crippen molar-refractivity contribution in [3.63, 3.8) is 0 Å². The van der Waals surface area contributed by atoms with Crippen LogP contribution < -0.4 is 14.8 Å². The first-order valence-corrected chi connectivity index (χ1v) is 9.51. The molecule has 1 N–H and O–H groups in total. The molecular weight excluding hydrogens is 354 g/mol. The fraction of sp³-hybridized carbons (Fsp3) is 0.318. The van der Waals surface area contributed by atoms with Crippen LogP contribution in [0.2, 0.25) is 0 Å². The second kappa shape index (κ2) is 7.84. The highest BCUT2D eigenvalue weighted by Crippen LogP contribution is 2.29. The molecule has 0 saturated carbocycles. The monoisotopic (exact) mass is 377 g/mol. The van der Waals surface area contributed by atoms with Gasteiger partial charge in [-0.15, -0.1) is 0 Å². The summed E-state index contributed by atoms with van der Waals surface area (Å²) in [7, 11) is 0. The minimum atomic E-state index is 0.0746. The first-order valence-electron chi connectivity index (χ1n) is 9.51. The van der Waals surface area contributed by atoms with Crippen molar-refractivity contribution in [3.05, 3.63) is 48.7 Å². The fourth-order valence-electron chi connectivity index (χ4n) is 3.26. The molecule has 28 heavy (non-hydrogen) atoms. The Kier molecular flexibility index (Phi) is 5.10. The fourth-order valence-corrected chi connectivity index (χ4v) is 3.26. The van der Waals surface area contributed by atoms with Gasteiger partial charge in [-0.05, 0) is 56.3 Å². The Morgan fingerprint density at radius 2 is 2.04 bits per heavy atom. The Balaban J connectivity index is 1.62. The number of carbonyl (C=O) groups is 1. The van der Waals surface area contributed by atoms with E-state index in [0.29, 0.717) is 25.5 Å². The normalized spacial score (nSPS) is 16.4. The summed E-state index contributed by atoms with van der Waals surface area (Å²) in [4.78, 5) is 20.6. The van der Waals surface area contributed by atoms with Crippen LogP contribution in [0.3, 0.4) is 0 Å². The molecule has 1 aromatic carbocycles. The van der Waals surface area contributed by atoms with Crippen molar-refractivity contribution in [2.24, 2.45) is 5.92 Å². The van der Waals surface area contributed by atoms with Gasteiger partial charge in [0.2, 0.25) is 11.8 Å². The number of hydrogen-bond donors (Lipinski definition) is 1. The molecule has 1 aliphatic heterocycles. The molecule has 1 aliphatic rings. The van der Waals surface area contributed by atoms with Gasteiger partial charge < -0.3 is 14.8 Å². The first-order chi connectivity index (χ1) is 13.6. The van der Waals surface area contributed by atoms with E-state index in [1.807, 2.05) is 56.3 Å². The van der Waals surface area contributed by atoms with Crippen molar-refractivity contribution < 1.29 is 14.3 Å². The maximum Gasteiger partial charge on any atom is 0.223 e. The molecule has 0 radical (unpaired) electrons. The lowest BCUT2D eigenvalue weighted by molar-refractivity contribution is -0.119. The van der Waals surface area contributed by atoms with Crippen molar-refractivity contribution >= 4 is 16.8 Å². The zero-order valence-electron chi connectivity index (χ0n) is 16.0. The molecule has 3 heterocycles. The predicted octanol–water partition coefficient (Wildman–Crippen LogP) is 3.60. The number of pyridine rings is 2. The minimum Gasteiger partial charge on any atom is -0.491 e. The van der Waals surface area contributed by atoms with Crippen LogP contribution in [0.15, 0.2) is 48.7 Å². The van der Waals surface area contributed by atoms with E-state index >= 15 is 0 Å². The Morgan fingerprint density at radius 3 is 2.75 bits per heavy atom. The molecule has 1 fully saturated rings. The second-order valence-corrected chi connectivity index (χ2v) is 7.26. The summed E-state index contributed by atoms with van der Waals surface area (Å²) in [6.07, 6.45) is 2.38. The van der Waals surface area contributed by atoms with E-state index in [1.165, 1.54) is 0 Å². The standard InChI is InChI=1S/C22H23N3O3/c1-14(2)28-17-7-5-16(6-8-17)19-11-20-18(4-3-9-23-20)22(25-19)27-13-15-10-21(26)24-12-15/h3-9,11,14-15H,10,12-13H2,1-2H3,(H,24,26). The van der Waals surface area contributed by atoms with E-state index in [9.17, 15) is 4.79 Å². The molecule has 144 valence electrons. The number of carbonyl (C=O) groups excluding carboxylic acids is 1. The molecule has 6 heteroatoms. The number of aromatic nitrogens is 2. The average molecular weight is 377 g/mol. The molecule has 4 rings (SSSR count). The molecular formula is C22H23N3O3. The molecule has 0 bridgehead atoms. The quantitative estimate of drug-likeness (QED) is 0.711. The van der Waals surface area contributed by atoms with Crippen LogP contribution in [0.25, 0.3) is 22.2 Å². The molecule has 1 saturated heterocycles. The van der Waals surface area contributed by atoms with Crippen LogP contribution in [0, 0.1) is 5.92 Å². The van der Waals surface area contributed by atoms with Crippen molar-refractivity contribution in [2.75, 3.05) is 13.2 Å². The van der Waals surface area contributed by atoms with Crippen LogP contribution in [0.5, 0.6) is 11.6 Å². The van der Waals surface area contributed by atoms with Gasteiger partial charge in [-0.1, -0.05) is 0 Å². The van der Waals surface area contributed by atoms with Gasteiger partial charge in [-0.2, -0.15) is 0 Å². The largest absolute Gasteiger partial charge is 0.491 e. The lowest BCUT2D eigenvalue weighted by atomic mass is 10.1. The van der Waals surface area contributed by atoms with E-state index in [4.69, 9.17) is 14.5 Å². The summed E-state index contributed by atoms with van der Waals surface area (Å²) in [5.74, 6) is 1.61. The lowest BCUT2D eigenvalue weighted by Crippen LogP contribution is -2.17. The topological polar surface area (TPSA) is 73.3 Å². The summed E-state index contributed by atoms with van der Waals surface area (Å²) in [6, 6.07) is 13.6. The van der Waals surface area contributed by atoms with Crippen molar-refractivity contribution in [3.8, 4) is 22.9 Å². The van der Waals surface area contributed by atoms with Crippen molar-refractivity contribution in [1.29, 1.82) is 0 Å². The molecule has 1 unspecified atom stereocenters. The van der Waals surface area contributed by atoms with E-state index in [1.54, 1.807) is 6.20 Å². The number of ether oxygens (including phenoxy) is 2. The number of rotatable bonds is 6. The molecule has 1 atom stereocenters. The highest BCUT2D eigenvalue weighted by Gasteiger charge is 2.22. The predicted molar refractivity (Wildman–Crippen MR) is 107 cm³/mol. The van der Waals surface area contributed by atoms with E-state index < -0.39 is 0 Å². The molecule has 0 spiro atoms. The van der Waals surface area contributed by atoms with Gasteiger partial charge in [-0.3, -0.25) is 9.78 Å². The van der Waals surface area contributed by atoms with Gasteiger partial charge in [0.05, 0.1) is 29.3 Å². The van der Waals surface area contributed by atoms with E-state index in [-0.39, 0.29) is 17.9 Å². The smallest absolute Gasteiger partial charge is 0.223 e. The van der Waals surface area contributed by atoms with Crippen LogP contribution in [0.4, 0.5) is 0 Å². The van der Waals surface area contributed by atoms with Gasteiger partial charge in [0, 0.05) is 30.6 Å². The zero-order valence-corrected chi connectivity index (χ0v) is 16.0. The number of amides is 1. The average Bonchev–Trinajstić information content (AvgIpc) is 3.11. The third-order valence-electron chi connectivity index (χ3n) is 4.60. The number of hydrogen-bond acceptors (Lipinski definition) is 5. The summed E-state index contributed by atoms with van der Waals surface area (Å²) < 4.78 is 11.7. The molecule has 1 amide bonds. The van der Waals surface area contributed by atoms with Gasteiger partial charge in [0.1, 0.15) is 5.75 Å². The molecule has 2 aromatic heterocycles. The maximum absolute atomic E-state index is 11.4. The highest BCUT2D eigenvalue weighted by atomic mass is 16.5. The SMILES string of the molecule is CC(C)Oc1ccc(-c2cc3ncccc3c(OCC3CNC(=O)C3)n2)cc1. The Bertz CT molecular complexity index is 986. The van der Waals surface area contributed by atoms with Crippen LogP contribution in [-0.4, -0.2) is 35.1 Å². The van der Waals surface area contributed by atoms with E-state index in [2.05, 4.69) is 10.3 Å². The summed E-state index contributed by atoms with van der Waals surface area (Å²) in [5.41, 5.74) is 2.58. The van der Waals surface area contributed by atoms with Crippen molar-refractivity contribution in [1.82, 2.24) is 15.3 Å². The summed E-state index contributed by atoms with van der Waals surface area (Å²) in [5, 5.41) is 3.70. The Hall–Kier alpha value is -3.15. The van der Waals surface area contributed by atoms with Crippen LogP contribution in [0.1, 0.15) is 20.3 Å². The van der Waals surface area contributed by atoms with Crippen LogP contribution >= 0.6 is 0 Å². The maximum atomic E-state index is 11.4. The lowest BCUT2D eigenvalue weighted by Gasteiger charge is -2.13. The number of fused-ring (bicyclic) bond motifs is 1.